The van der Waals surface area contributed by atoms with Gasteiger partial charge in [-0.3, -0.25) is 19.3 Å². The van der Waals surface area contributed by atoms with Crippen molar-refractivity contribution in [2.45, 2.75) is 52.7 Å². The Bertz CT molecular complexity index is 565. The third-order valence-corrected chi connectivity index (χ3v) is 5.48. The molecule has 1 aliphatic heterocycles. The predicted molar refractivity (Wildman–Crippen MR) is 74.9 cm³/mol. The maximum Gasteiger partial charge on any atom is 0.302 e. The topological polar surface area (TPSA) is 63.7 Å². The molecule has 0 aromatic rings. The minimum absolute atomic E-state index is 0.0691. The van der Waals surface area contributed by atoms with Crippen LogP contribution in [0, 0.1) is 17.8 Å². The average molecular weight is 291 g/mol. The molecule has 0 N–H and O–H groups in total. The summed E-state index contributed by atoms with van der Waals surface area (Å²) in [4.78, 5) is 37.3. The number of nitrogens with zero attached hydrogens (tertiary/aromatic N) is 1. The van der Waals surface area contributed by atoms with E-state index in [1.54, 1.807) is 0 Å². The van der Waals surface area contributed by atoms with E-state index in [2.05, 4.69) is 0 Å². The molecule has 3 aliphatic rings. The molecule has 1 saturated carbocycles. The Kier molecular flexibility index (Phi) is 3.19. The first-order valence-corrected chi connectivity index (χ1v) is 7.54. The van der Waals surface area contributed by atoms with E-state index in [0.717, 1.165) is 5.57 Å². The van der Waals surface area contributed by atoms with Crippen molar-refractivity contribution in [3.63, 3.8) is 0 Å². The van der Waals surface area contributed by atoms with Crippen molar-refractivity contribution in [2.75, 3.05) is 0 Å². The Hall–Kier alpha value is -1.65. The van der Waals surface area contributed by atoms with Crippen LogP contribution in [0.2, 0.25) is 0 Å². The Morgan fingerprint density at radius 1 is 1.19 bits per heavy atom. The number of amides is 2. The Labute approximate surface area is 124 Å². The molecule has 5 heteroatoms. The average Bonchev–Trinajstić information content (AvgIpc) is 2.76. The van der Waals surface area contributed by atoms with Gasteiger partial charge in [0, 0.05) is 13.3 Å². The molecule has 1 heterocycles. The molecule has 0 spiro atoms. The highest BCUT2D eigenvalue weighted by molar-refractivity contribution is 6.04. The first-order valence-electron chi connectivity index (χ1n) is 7.54. The van der Waals surface area contributed by atoms with Gasteiger partial charge in [-0.1, -0.05) is 18.1 Å². The van der Waals surface area contributed by atoms with Gasteiger partial charge in [0.05, 0.1) is 17.9 Å². The van der Waals surface area contributed by atoms with Crippen molar-refractivity contribution >= 4 is 17.8 Å². The van der Waals surface area contributed by atoms with Crippen LogP contribution in [0.4, 0.5) is 0 Å². The van der Waals surface area contributed by atoms with Crippen LogP contribution in [0.5, 0.6) is 0 Å². The van der Waals surface area contributed by atoms with Gasteiger partial charge in [0.15, 0.2) is 0 Å². The van der Waals surface area contributed by atoms with E-state index in [4.69, 9.17) is 4.74 Å². The lowest BCUT2D eigenvalue weighted by Crippen LogP contribution is -2.63. The van der Waals surface area contributed by atoms with E-state index in [9.17, 15) is 14.4 Å². The van der Waals surface area contributed by atoms with Crippen LogP contribution >= 0.6 is 0 Å². The maximum absolute atomic E-state index is 12.6. The van der Waals surface area contributed by atoms with E-state index in [-0.39, 0.29) is 47.7 Å². The third kappa shape index (κ3) is 1.93. The summed E-state index contributed by atoms with van der Waals surface area (Å²) in [5.41, 5.74) is 2.35. The molecule has 4 unspecified atom stereocenters. The summed E-state index contributed by atoms with van der Waals surface area (Å²) >= 11 is 0. The summed E-state index contributed by atoms with van der Waals surface area (Å²) in [6.07, 6.45) is 0.919. The summed E-state index contributed by atoms with van der Waals surface area (Å²) < 4.78 is 5.19. The summed E-state index contributed by atoms with van der Waals surface area (Å²) in [6.45, 7) is 7.41. The number of esters is 1. The molecule has 2 fully saturated rings. The Balaban J connectivity index is 1.70. The van der Waals surface area contributed by atoms with Crippen molar-refractivity contribution in [1.82, 2.24) is 4.90 Å². The van der Waals surface area contributed by atoms with Gasteiger partial charge < -0.3 is 4.74 Å². The molecule has 0 aromatic carbocycles. The van der Waals surface area contributed by atoms with E-state index in [1.807, 2.05) is 20.8 Å². The lowest BCUT2D eigenvalue weighted by atomic mass is 9.68. The predicted octanol–water partition coefficient (Wildman–Crippen LogP) is 1.67. The van der Waals surface area contributed by atoms with Crippen molar-refractivity contribution in [3.05, 3.63) is 11.1 Å². The van der Waals surface area contributed by atoms with Gasteiger partial charge in [-0.2, -0.15) is 0 Å². The molecule has 1 saturated heterocycles. The second-order valence-electron chi connectivity index (χ2n) is 6.56. The van der Waals surface area contributed by atoms with Crippen LogP contribution in [0.1, 0.15) is 40.5 Å². The van der Waals surface area contributed by atoms with E-state index in [1.165, 1.54) is 17.4 Å². The number of carbonyl (C=O) groups excluding carboxylic acids is 3. The van der Waals surface area contributed by atoms with Gasteiger partial charge in [-0.15, -0.1) is 0 Å². The smallest absolute Gasteiger partial charge is 0.302 e. The number of hydrogen-bond donors (Lipinski definition) is 0. The maximum atomic E-state index is 12.6. The number of carbonyl (C=O) groups is 3. The van der Waals surface area contributed by atoms with Crippen molar-refractivity contribution < 1.29 is 19.1 Å². The zero-order chi connectivity index (χ0) is 15.5. The fourth-order valence-corrected chi connectivity index (χ4v) is 4.07. The van der Waals surface area contributed by atoms with Crippen LogP contribution in [-0.2, 0) is 19.1 Å². The number of fused-ring (bicyclic) bond motifs is 1. The number of ether oxygens (including phenoxy) is 1. The molecular formula is C16H21NO4. The minimum Gasteiger partial charge on any atom is -0.462 e. The SMILES string of the molecule is CC(=O)OC1CC2C(=O)N(C(=O)[C@@H]3C(C)=C(C)C3C)C2C1. The van der Waals surface area contributed by atoms with E-state index < -0.39 is 0 Å². The molecule has 3 rings (SSSR count). The molecule has 2 aliphatic carbocycles. The molecule has 0 aromatic heterocycles. The van der Waals surface area contributed by atoms with Gasteiger partial charge in [-0.25, -0.2) is 0 Å². The standard InChI is InChI=1S/C16H21NO4/c1-7-8(2)14(9(7)3)16(20)17-13-6-11(21-10(4)18)5-12(13)15(17)19/h8,11-14H,5-6H2,1-4H3/t8?,11?,12?,13?,14-/m0/s1. The highest BCUT2D eigenvalue weighted by Gasteiger charge is 2.58. The molecule has 114 valence electrons. The van der Waals surface area contributed by atoms with Gasteiger partial charge in [0.2, 0.25) is 11.8 Å². The molecule has 2 amide bonds. The summed E-state index contributed by atoms with van der Waals surface area (Å²) in [7, 11) is 0. The number of imide groups is 1. The lowest BCUT2D eigenvalue weighted by molar-refractivity contribution is -0.166. The molecule has 5 atom stereocenters. The fourth-order valence-electron chi connectivity index (χ4n) is 4.07. The minimum atomic E-state index is -0.325. The molecule has 0 bridgehead atoms. The zero-order valence-electron chi connectivity index (χ0n) is 12.9. The summed E-state index contributed by atoms with van der Waals surface area (Å²) in [5, 5.41) is 0. The molecule has 21 heavy (non-hydrogen) atoms. The molecule has 0 radical (unpaired) electrons. The largest absolute Gasteiger partial charge is 0.462 e. The summed E-state index contributed by atoms with van der Waals surface area (Å²) in [6, 6.07) is -0.0738. The first kappa shape index (κ1) is 14.3. The number of hydrogen-bond acceptors (Lipinski definition) is 4. The Morgan fingerprint density at radius 2 is 1.86 bits per heavy atom. The Morgan fingerprint density at radius 3 is 2.43 bits per heavy atom. The first-order chi connectivity index (χ1) is 9.82. The quantitative estimate of drug-likeness (QED) is 0.336. The van der Waals surface area contributed by atoms with E-state index in [0.29, 0.717) is 12.8 Å². The zero-order valence-corrected chi connectivity index (χ0v) is 12.9. The molecular weight excluding hydrogens is 270 g/mol. The number of likely N-dealkylation sites (tertiary alicyclic amines) is 1. The van der Waals surface area contributed by atoms with Crippen LogP contribution in [-0.4, -0.2) is 34.8 Å². The van der Waals surface area contributed by atoms with Crippen molar-refractivity contribution in [2.24, 2.45) is 17.8 Å². The highest BCUT2D eigenvalue weighted by Crippen LogP contribution is 2.47. The van der Waals surface area contributed by atoms with Gasteiger partial charge in [0.25, 0.3) is 0 Å². The molecule has 5 nitrogen and oxygen atoms in total. The number of allylic oxidation sites excluding steroid dienone is 1. The van der Waals surface area contributed by atoms with Gasteiger partial charge in [-0.05, 0) is 26.2 Å². The normalized spacial score (nSPS) is 37.8. The second kappa shape index (κ2) is 4.68. The summed E-state index contributed by atoms with van der Waals surface area (Å²) in [5.74, 6) is -0.560. The van der Waals surface area contributed by atoms with E-state index >= 15 is 0 Å². The van der Waals surface area contributed by atoms with Crippen LogP contribution in [0.15, 0.2) is 11.1 Å². The number of rotatable bonds is 2. The monoisotopic (exact) mass is 291 g/mol. The van der Waals surface area contributed by atoms with Crippen LogP contribution < -0.4 is 0 Å². The van der Waals surface area contributed by atoms with Crippen molar-refractivity contribution in [3.8, 4) is 0 Å². The third-order valence-electron chi connectivity index (χ3n) is 5.48. The second-order valence-corrected chi connectivity index (χ2v) is 6.56. The number of β-lactam (4-membered cyclic amide) rings is 1. The lowest BCUT2D eigenvalue weighted by Gasteiger charge is -2.46. The van der Waals surface area contributed by atoms with Crippen LogP contribution in [0.3, 0.4) is 0 Å². The van der Waals surface area contributed by atoms with Gasteiger partial charge in [0.1, 0.15) is 6.10 Å². The highest BCUT2D eigenvalue weighted by atomic mass is 16.5. The van der Waals surface area contributed by atoms with Crippen LogP contribution in [0.25, 0.3) is 0 Å². The fraction of sp³-hybridized carbons (Fsp3) is 0.688. The van der Waals surface area contributed by atoms with Crippen molar-refractivity contribution in [1.29, 1.82) is 0 Å². The van der Waals surface area contributed by atoms with Gasteiger partial charge >= 0.3 is 5.97 Å².